The molecule has 0 aliphatic carbocycles. The molecule has 0 spiro atoms. The number of amides is 2. The van der Waals surface area contributed by atoms with E-state index in [1.165, 1.54) is 17.4 Å². The number of carbonyl (C=O) groups excluding carboxylic acids is 2. The van der Waals surface area contributed by atoms with Gasteiger partial charge in [0.1, 0.15) is 0 Å². The molecule has 1 aliphatic heterocycles. The predicted molar refractivity (Wildman–Crippen MR) is 95.6 cm³/mol. The summed E-state index contributed by atoms with van der Waals surface area (Å²) in [5.41, 5.74) is 4.39. The van der Waals surface area contributed by atoms with Crippen molar-refractivity contribution < 1.29 is 9.59 Å². The zero-order valence-electron chi connectivity index (χ0n) is 13.3. The molecule has 2 amide bonds. The Morgan fingerprint density at radius 1 is 1.38 bits per heavy atom. The Morgan fingerprint density at radius 2 is 2.29 bits per heavy atom. The van der Waals surface area contributed by atoms with Crippen LogP contribution in [0.5, 0.6) is 0 Å². The first-order valence-electron chi connectivity index (χ1n) is 7.96. The van der Waals surface area contributed by atoms with Crippen molar-refractivity contribution in [2.75, 3.05) is 11.4 Å². The molecule has 1 aliphatic rings. The molecular formula is C18H19N3O2S. The first-order chi connectivity index (χ1) is 11.7. The van der Waals surface area contributed by atoms with Gasteiger partial charge in [0.05, 0.1) is 11.2 Å². The molecule has 0 bridgehead atoms. The molecule has 0 unspecified atom stereocenters. The normalized spacial score (nSPS) is 15.0. The van der Waals surface area contributed by atoms with Crippen molar-refractivity contribution in [3.63, 3.8) is 0 Å². The third kappa shape index (κ3) is 4.29. The summed E-state index contributed by atoms with van der Waals surface area (Å²) in [5.74, 6) is 0.0103. The second-order valence-corrected chi connectivity index (χ2v) is 6.36. The summed E-state index contributed by atoms with van der Waals surface area (Å²) in [4.78, 5) is 29.8. The van der Waals surface area contributed by atoms with E-state index < -0.39 is 0 Å². The van der Waals surface area contributed by atoms with E-state index in [0.717, 1.165) is 36.3 Å². The summed E-state index contributed by atoms with van der Waals surface area (Å²) in [5, 5.41) is 4.73. The molecule has 0 atom stereocenters. The predicted octanol–water partition coefficient (Wildman–Crippen LogP) is 2.99. The van der Waals surface area contributed by atoms with Crippen LogP contribution in [-0.2, 0) is 16.1 Å². The Bertz CT molecular complexity index is 740. The summed E-state index contributed by atoms with van der Waals surface area (Å²) in [6.07, 6.45) is 5.79. The van der Waals surface area contributed by atoms with Gasteiger partial charge in [0.15, 0.2) is 0 Å². The first-order valence-corrected chi connectivity index (χ1v) is 8.90. The molecule has 3 rings (SSSR count). The van der Waals surface area contributed by atoms with Crippen LogP contribution in [0, 0.1) is 0 Å². The van der Waals surface area contributed by atoms with E-state index in [1.54, 1.807) is 11.6 Å². The number of thiazole rings is 1. The van der Waals surface area contributed by atoms with E-state index in [0.29, 0.717) is 13.0 Å². The van der Waals surface area contributed by atoms with E-state index in [-0.39, 0.29) is 11.8 Å². The Kier molecular flexibility index (Phi) is 5.38. The topological polar surface area (TPSA) is 62.3 Å². The second kappa shape index (κ2) is 7.88. The highest BCUT2D eigenvalue weighted by Gasteiger charge is 2.19. The van der Waals surface area contributed by atoms with Crippen LogP contribution >= 0.6 is 11.3 Å². The molecule has 0 radical (unpaired) electrons. The van der Waals surface area contributed by atoms with E-state index in [4.69, 9.17) is 0 Å². The third-order valence-electron chi connectivity index (χ3n) is 3.87. The molecule has 5 nitrogen and oxygen atoms in total. The van der Waals surface area contributed by atoms with Gasteiger partial charge in [0.2, 0.25) is 11.8 Å². The van der Waals surface area contributed by atoms with Gasteiger partial charge in [0, 0.05) is 36.7 Å². The SMILES string of the molecule is O=C(/C=C/c1cscn1)NCc1cccc(N2CCCCC2=O)c1. The van der Waals surface area contributed by atoms with Gasteiger partial charge in [-0.1, -0.05) is 12.1 Å². The minimum atomic E-state index is -0.164. The van der Waals surface area contributed by atoms with Gasteiger partial charge in [-0.3, -0.25) is 9.59 Å². The van der Waals surface area contributed by atoms with Crippen molar-refractivity contribution in [2.24, 2.45) is 0 Å². The first kappa shape index (κ1) is 16.4. The van der Waals surface area contributed by atoms with Crippen molar-refractivity contribution >= 4 is 34.9 Å². The molecule has 2 aromatic rings. The molecule has 1 aromatic heterocycles. The quantitative estimate of drug-likeness (QED) is 0.851. The van der Waals surface area contributed by atoms with Crippen LogP contribution < -0.4 is 10.2 Å². The molecule has 6 heteroatoms. The zero-order valence-corrected chi connectivity index (χ0v) is 14.1. The van der Waals surface area contributed by atoms with E-state index in [2.05, 4.69) is 10.3 Å². The van der Waals surface area contributed by atoms with Gasteiger partial charge in [-0.25, -0.2) is 4.98 Å². The van der Waals surface area contributed by atoms with Crippen LogP contribution in [0.1, 0.15) is 30.5 Å². The van der Waals surface area contributed by atoms with Gasteiger partial charge >= 0.3 is 0 Å². The molecule has 1 aromatic carbocycles. The number of carbonyl (C=O) groups is 2. The highest BCUT2D eigenvalue weighted by Crippen LogP contribution is 2.21. The smallest absolute Gasteiger partial charge is 0.244 e. The number of rotatable bonds is 5. The number of benzene rings is 1. The van der Waals surface area contributed by atoms with E-state index in [9.17, 15) is 9.59 Å². The Morgan fingerprint density at radius 3 is 3.08 bits per heavy atom. The fraction of sp³-hybridized carbons (Fsp3) is 0.278. The van der Waals surface area contributed by atoms with Crippen molar-refractivity contribution in [3.05, 3.63) is 52.5 Å². The lowest BCUT2D eigenvalue weighted by atomic mass is 10.1. The standard InChI is InChI=1S/C18H19N3O2S/c22-17(8-7-15-12-24-13-20-15)19-11-14-4-3-5-16(10-14)21-9-2-1-6-18(21)23/h3-5,7-8,10,12-13H,1-2,6,9,11H2,(H,19,22)/b8-7+. The molecule has 1 fully saturated rings. The van der Waals surface area contributed by atoms with Crippen molar-refractivity contribution in [1.82, 2.24) is 10.3 Å². The summed E-state index contributed by atoms with van der Waals surface area (Å²) in [6.45, 7) is 1.20. The van der Waals surface area contributed by atoms with Crippen LogP contribution in [-0.4, -0.2) is 23.3 Å². The summed E-state index contributed by atoms with van der Waals surface area (Å²) in [7, 11) is 0. The maximum atomic E-state index is 12.0. The molecule has 0 saturated carbocycles. The molecule has 2 heterocycles. The largest absolute Gasteiger partial charge is 0.348 e. The minimum absolute atomic E-state index is 0.164. The lowest BCUT2D eigenvalue weighted by Gasteiger charge is -2.27. The summed E-state index contributed by atoms with van der Waals surface area (Å²) >= 11 is 1.49. The van der Waals surface area contributed by atoms with Crippen molar-refractivity contribution in [3.8, 4) is 0 Å². The van der Waals surface area contributed by atoms with Crippen LogP contribution in [0.2, 0.25) is 0 Å². The highest BCUT2D eigenvalue weighted by atomic mass is 32.1. The van der Waals surface area contributed by atoms with Crippen molar-refractivity contribution in [1.29, 1.82) is 0 Å². The third-order valence-corrected chi connectivity index (χ3v) is 4.47. The van der Waals surface area contributed by atoms with E-state index >= 15 is 0 Å². The summed E-state index contributed by atoms with van der Waals surface area (Å²) in [6, 6.07) is 7.77. The fourth-order valence-electron chi connectivity index (χ4n) is 2.63. The van der Waals surface area contributed by atoms with Gasteiger partial charge in [-0.05, 0) is 36.6 Å². The van der Waals surface area contributed by atoms with Crippen molar-refractivity contribution in [2.45, 2.75) is 25.8 Å². The van der Waals surface area contributed by atoms with Gasteiger partial charge in [0.25, 0.3) is 0 Å². The average molecular weight is 341 g/mol. The molecule has 24 heavy (non-hydrogen) atoms. The maximum absolute atomic E-state index is 12.0. The number of hydrogen-bond acceptors (Lipinski definition) is 4. The maximum Gasteiger partial charge on any atom is 0.244 e. The Labute approximate surface area is 145 Å². The minimum Gasteiger partial charge on any atom is -0.348 e. The summed E-state index contributed by atoms with van der Waals surface area (Å²) < 4.78 is 0. The lowest BCUT2D eigenvalue weighted by Crippen LogP contribution is -2.35. The zero-order chi connectivity index (χ0) is 16.8. The van der Waals surface area contributed by atoms with Crippen LogP contribution in [0.15, 0.2) is 41.2 Å². The number of aromatic nitrogens is 1. The second-order valence-electron chi connectivity index (χ2n) is 5.64. The molecular weight excluding hydrogens is 322 g/mol. The number of nitrogens with zero attached hydrogens (tertiary/aromatic N) is 2. The van der Waals surface area contributed by atoms with Gasteiger partial charge in [-0.2, -0.15) is 0 Å². The molecule has 124 valence electrons. The highest BCUT2D eigenvalue weighted by molar-refractivity contribution is 7.07. The molecule has 1 saturated heterocycles. The molecule has 1 N–H and O–H groups in total. The number of anilines is 1. The van der Waals surface area contributed by atoms with E-state index in [1.807, 2.05) is 34.5 Å². The van der Waals surface area contributed by atoms with Crippen LogP contribution in [0.25, 0.3) is 6.08 Å². The van der Waals surface area contributed by atoms with Crippen LogP contribution in [0.3, 0.4) is 0 Å². The number of piperidine rings is 1. The van der Waals surface area contributed by atoms with Gasteiger partial charge < -0.3 is 10.2 Å². The Balaban J connectivity index is 1.58. The Hall–Kier alpha value is -2.47. The monoisotopic (exact) mass is 341 g/mol. The fourth-order valence-corrected chi connectivity index (χ4v) is 3.15. The number of hydrogen-bond donors (Lipinski definition) is 1. The van der Waals surface area contributed by atoms with Crippen LogP contribution in [0.4, 0.5) is 5.69 Å². The number of nitrogens with one attached hydrogen (secondary N) is 1. The lowest BCUT2D eigenvalue weighted by molar-refractivity contribution is -0.119. The van der Waals surface area contributed by atoms with Gasteiger partial charge in [-0.15, -0.1) is 11.3 Å². The average Bonchev–Trinajstić information content (AvgIpc) is 3.12.